The predicted molar refractivity (Wildman–Crippen MR) is 103 cm³/mol. The number of nitrogens with zero attached hydrogens (tertiary/aromatic N) is 1. The van der Waals surface area contributed by atoms with E-state index in [0.29, 0.717) is 11.8 Å². The first kappa shape index (κ1) is 16.8. The van der Waals surface area contributed by atoms with E-state index in [-0.39, 0.29) is 11.6 Å². The highest BCUT2D eigenvalue weighted by atomic mass is 16.3. The summed E-state index contributed by atoms with van der Waals surface area (Å²) in [4.78, 5) is 2.68. The van der Waals surface area contributed by atoms with Crippen LogP contribution in [0, 0.1) is 5.92 Å². The molecule has 3 aliphatic rings. The normalized spacial score (nSPS) is 32.5. The first-order valence-electron chi connectivity index (χ1n) is 9.79. The van der Waals surface area contributed by atoms with Crippen LogP contribution in [-0.2, 0) is 5.54 Å². The molecule has 3 fully saturated rings. The minimum atomic E-state index is -0.259. The Hall–Kier alpha value is -1.64. The maximum Gasteiger partial charge on any atom is 0.0558 e. The van der Waals surface area contributed by atoms with E-state index in [4.69, 9.17) is 0 Å². The monoisotopic (exact) mass is 335 g/mol. The molecule has 132 valence electrons. The molecule has 2 nitrogen and oxygen atoms in total. The Morgan fingerprint density at radius 1 is 1.00 bits per heavy atom. The zero-order valence-electron chi connectivity index (χ0n) is 15.1. The third-order valence-electron chi connectivity index (χ3n) is 6.54. The fraction of sp³-hybridized carbons (Fsp3) is 0.478. The fourth-order valence-corrected chi connectivity index (χ4v) is 5.39. The van der Waals surface area contributed by atoms with Crippen molar-refractivity contribution >= 4 is 0 Å². The third kappa shape index (κ3) is 2.82. The molecule has 0 spiro atoms. The molecule has 3 atom stereocenters. The van der Waals surface area contributed by atoms with Gasteiger partial charge in [-0.1, -0.05) is 67.6 Å². The topological polar surface area (TPSA) is 23.5 Å². The summed E-state index contributed by atoms with van der Waals surface area (Å²) < 4.78 is 0. The SMILES string of the molecule is CCC(O)CC1(c2ccccc2)C(c2ccccc2)C2CCN1CC2. The number of aliphatic hydroxyl groups is 1. The van der Waals surface area contributed by atoms with Crippen LogP contribution in [0.3, 0.4) is 0 Å². The van der Waals surface area contributed by atoms with Gasteiger partial charge < -0.3 is 5.11 Å². The van der Waals surface area contributed by atoms with Crippen LogP contribution in [0.2, 0.25) is 0 Å². The van der Waals surface area contributed by atoms with Crippen molar-refractivity contribution in [2.75, 3.05) is 13.1 Å². The molecule has 0 amide bonds. The molecule has 0 saturated carbocycles. The molecule has 0 aromatic heterocycles. The highest BCUT2D eigenvalue weighted by Gasteiger charge is 2.55. The lowest BCUT2D eigenvalue weighted by Gasteiger charge is -2.60. The van der Waals surface area contributed by atoms with Gasteiger partial charge in [-0.2, -0.15) is 0 Å². The lowest BCUT2D eigenvalue weighted by molar-refractivity contribution is -0.0819. The highest BCUT2D eigenvalue weighted by Crippen LogP contribution is 2.56. The summed E-state index contributed by atoms with van der Waals surface area (Å²) in [6.07, 6.45) is 3.93. The number of hydrogen-bond donors (Lipinski definition) is 1. The highest BCUT2D eigenvalue weighted by molar-refractivity contribution is 5.36. The van der Waals surface area contributed by atoms with Gasteiger partial charge in [-0.05, 0) is 55.8 Å². The molecule has 2 aromatic carbocycles. The van der Waals surface area contributed by atoms with E-state index in [2.05, 4.69) is 72.5 Å². The Kier molecular flexibility index (Phi) is 4.66. The Balaban J connectivity index is 1.88. The zero-order valence-corrected chi connectivity index (χ0v) is 15.1. The molecule has 0 aliphatic carbocycles. The van der Waals surface area contributed by atoms with Gasteiger partial charge >= 0.3 is 0 Å². The van der Waals surface area contributed by atoms with Gasteiger partial charge in [0.05, 0.1) is 11.6 Å². The van der Waals surface area contributed by atoms with Crippen molar-refractivity contribution in [1.82, 2.24) is 4.90 Å². The van der Waals surface area contributed by atoms with Crippen LogP contribution >= 0.6 is 0 Å². The average molecular weight is 335 g/mol. The maximum absolute atomic E-state index is 10.7. The molecular weight excluding hydrogens is 306 g/mol. The number of rotatable bonds is 5. The zero-order chi connectivity index (χ0) is 17.3. The Morgan fingerprint density at radius 2 is 1.60 bits per heavy atom. The third-order valence-corrected chi connectivity index (χ3v) is 6.54. The molecule has 3 heterocycles. The Bertz CT molecular complexity index is 678. The van der Waals surface area contributed by atoms with Gasteiger partial charge in [0.2, 0.25) is 0 Å². The van der Waals surface area contributed by atoms with Crippen molar-refractivity contribution in [2.45, 2.75) is 50.2 Å². The van der Waals surface area contributed by atoms with Crippen LogP contribution in [0.25, 0.3) is 0 Å². The summed E-state index contributed by atoms with van der Waals surface area (Å²) in [6.45, 7) is 4.40. The van der Waals surface area contributed by atoms with Crippen molar-refractivity contribution in [1.29, 1.82) is 0 Å². The van der Waals surface area contributed by atoms with Crippen LogP contribution in [0.4, 0.5) is 0 Å². The van der Waals surface area contributed by atoms with Crippen molar-refractivity contribution < 1.29 is 5.11 Å². The minimum Gasteiger partial charge on any atom is -0.393 e. The number of hydrogen-bond acceptors (Lipinski definition) is 2. The van der Waals surface area contributed by atoms with Gasteiger partial charge in [-0.15, -0.1) is 0 Å². The van der Waals surface area contributed by atoms with Crippen molar-refractivity contribution in [3.8, 4) is 0 Å². The second-order valence-corrected chi connectivity index (χ2v) is 7.77. The number of piperidine rings is 3. The molecule has 3 unspecified atom stereocenters. The molecule has 3 aliphatic heterocycles. The van der Waals surface area contributed by atoms with Gasteiger partial charge in [0.15, 0.2) is 0 Å². The quantitative estimate of drug-likeness (QED) is 0.866. The Labute approximate surface area is 151 Å². The van der Waals surface area contributed by atoms with Gasteiger partial charge in [0.1, 0.15) is 0 Å². The van der Waals surface area contributed by atoms with Crippen molar-refractivity contribution in [3.05, 3.63) is 71.8 Å². The second-order valence-electron chi connectivity index (χ2n) is 7.77. The van der Waals surface area contributed by atoms with Gasteiger partial charge in [0.25, 0.3) is 0 Å². The van der Waals surface area contributed by atoms with E-state index in [1.54, 1.807) is 0 Å². The summed E-state index contributed by atoms with van der Waals surface area (Å²) in [5.74, 6) is 1.16. The molecular formula is C23H29NO. The van der Waals surface area contributed by atoms with Crippen molar-refractivity contribution in [2.24, 2.45) is 5.92 Å². The lowest BCUT2D eigenvalue weighted by Crippen LogP contribution is -2.61. The number of fused-ring (bicyclic) bond motifs is 3. The maximum atomic E-state index is 10.7. The van der Waals surface area contributed by atoms with Crippen LogP contribution in [0.1, 0.15) is 49.7 Å². The lowest BCUT2D eigenvalue weighted by atomic mass is 9.58. The first-order valence-corrected chi connectivity index (χ1v) is 9.79. The van der Waals surface area contributed by atoms with Gasteiger partial charge in [-0.3, -0.25) is 4.90 Å². The van der Waals surface area contributed by atoms with Crippen LogP contribution < -0.4 is 0 Å². The minimum absolute atomic E-state index is 0.0841. The van der Waals surface area contributed by atoms with Gasteiger partial charge in [0, 0.05) is 5.92 Å². The summed E-state index contributed by atoms with van der Waals surface area (Å²) in [7, 11) is 0. The predicted octanol–water partition coefficient (Wildman–Crippen LogP) is 4.55. The molecule has 25 heavy (non-hydrogen) atoms. The molecule has 5 rings (SSSR count). The number of aliphatic hydroxyl groups excluding tert-OH is 1. The standard InChI is InChI=1S/C23H29NO/c1-2-21(25)17-23(20-11-7-4-8-12-20)22(18-9-5-3-6-10-18)19-13-15-24(23)16-14-19/h3-12,19,21-22,25H,2,13-17H2,1H3. The molecule has 2 aromatic rings. The first-order chi connectivity index (χ1) is 12.3. The van der Waals surface area contributed by atoms with E-state index in [9.17, 15) is 5.11 Å². The smallest absolute Gasteiger partial charge is 0.0558 e. The molecule has 2 heteroatoms. The fourth-order valence-electron chi connectivity index (χ4n) is 5.39. The molecule has 2 bridgehead atoms. The molecule has 0 radical (unpaired) electrons. The number of benzene rings is 2. The summed E-state index contributed by atoms with van der Waals surface area (Å²) >= 11 is 0. The average Bonchev–Trinajstić information content (AvgIpc) is 2.70. The van der Waals surface area contributed by atoms with Crippen molar-refractivity contribution in [3.63, 3.8) is 0 Å². The molecule has 1 N–H and O–H groups in total. The van der Waals surface area contributed by atoms with E-state index < -0.39 is 0 Å². The van der Waals surface area contributed by atoms with Crippen LogP contribution in [0.15, 0.2) is 60.7 Å². The van der Waals surface area contributed by atoms with E-state index >= 15 is 0 Å². The molecule has 3 saturated heterocycles. The van der Waals surface area contributed by atoms with Crippen LogP contribution in [0.5, 0.6) is 0 Å². The van der Waals surface area contributed by atoms with E-state index in [0.717, 1.165) is 25.9 Å². The largest absolute Gasteiger partial charge is 0.393 e. The van der Waals surface area contributed by atoms with Crippen LogP contribution in [-0.4, -0.2) is 29.2 Å². The van der Waals surface area contributed by atoms with Gasteiger partial charge in [-0.25, -0.2) is 0 Å². The summed E-state index contributed by atoms with van der Waals surface area (Å²) in [6, 6.07) is 22.0. The van der Waals surface area contributed by atoms with E-state index in [1.807, 2.05) is 0 Å². The second kappa shape index (κ2) is 6.93. The summed E-state index contributed by atoms with van der Waals surface area (Å²) in [5.41, 5.74) is 2.73. The van der Waals surface area contributed by atoms with E-state index in [1.165, 1.54) is 24.0 Å². The Morgan fingerprint density at radius 3 is 2.20 bits per heavy atom. The summed E-state index contributed by atoms with van der Waals surface area (Å²) in [5, 5.41) is 10.7.